The normalized spacial score (nSPS) is 10.8. The van der Waals surface area contributed by atoms with Crippen molar-refractivity contribution in [1.82, 2.24) is 4.98 Å². The van der Waals surface area contributed by atoms with Gasteiger partial charge in [0.2, 0.25) is 0 Å². The van der Waals surface area contributed by atoms with Crippen molar-refractivity contribution in [2.24, 2.45) is 0 Å². The second-order valence-corrected chi connectivity index (χ2v) is 6.87. The standard InChI is InChI=1S/C21H16N2O2S/c1-13-17(20(24)25)7-4-8-18(13)22-21-23-19(12-26-21)16-10-9-14-5-2-3-6-15(14)11-16/h2-12H,1H3,(H,22,23)(H,24,25). The summed E-state index contributed by atoms with van der Waals surface area (Å²) in [5, 5.41) is 17.6. The van der Waals surface area contributed by atoms with Gasteiger partial charge in [-0.25, -0.2) is 9.78 Å². The minimum Gasteiger partial charge on any atom is -0.478 e. The topological polar surface area (TPSA) is 62.2 Å². The maximum Gasteiger partial charge on any atom is 0.336 e. The quantitative estimate of drug-likeness (QED) is 0.489. The molecule has 26 heavy (non-hydrogen) atoms. The molecule has 4 aromatic rings. The van der Waals surface area contributed by atoms with Crippen molar-refractivity contribution in [1.29, 1.82) is 0 Å². The molecular weight excluding hydrogens is 344 g/mol. The van der Waals surface area contributed by atoms with E-state index in [2.05, 4.69) is 40.6 Å². The highest BCUT2D eigenvalue weighted by molar-refractivity contribution is 7.14. The van der Waals surface area contributed by atoms with Crippen LogP contribution in [0.3, 0.4) is 0 Å². The van der Waals surface area contributed by atoms with Crippen LogP contribution in [0.25, 0.3) is 22.0 Å². The van der Waals surface area contributed by atoms with Crippen LogP contribution in [-0.2, 0) is 0 Å². The molecule has 0 bridgehead atoms. The van der Waals surface area contributed by atoms with Crippen molar-refractivity contribution in [3.8, 4) is 11.3 Å². The number of fused-ring (bicyclic) bond motifs is 1. The number of thiazole rings is 1. The van der Waals surface area contributed by atoms with E-state index in [-0.39, 0.29) is 0 Å². The number of anilines is 2. The highest BCUT2D eigenvalue weighted by Crippen LogP contribution is 2.30. The Hall–Kier alpha value is -3.18. The molecule has 0 atom stereocenters. The third-order valence-corrected chi connectivity index (χ3v) is 5.11. The third-order valence-electron chi connectivity index (χ3n) is 4.36. The second kappa shape index (κ2) is 6.61. The fourth-order valence-electron chi connectivity index (χ4n) is 2.93. The summed E-state index contributed by atoms with van der Waals surface area (Å²) in [5.74, 6) is -0.929. The van der Waals surface area contributed by atoms with Crippen molar-refractivity contribution < 1.29 is 9.90 Å². The molecular formula is C21H16N2O2S. The van der Waals surface area contributed by atoms with E-state index >= 15 is 0 Å². The number of nitrogens with one attached hydrogen (secondary N) is 1. The van der Waals surface area contributed by atoms with Crippen molar-refractivity contribution in [3.63, 3.8) is 0 Å². The molecule has 1 aromatic heterocycles. The first kappa shape index (κ1) is 16.3. The van der Waals surface area contributed by atoms with E-state index < -0.39 is 5.97 Å². The van der Waals surface area contributed by atoms with Crippen LogP contribution in [0.15, 0.2) is 66.0 Å². The number of benzene rings is 3. The minimum absolute atomic E-state index is 0.293. The lowest BCUT2D eigenvalue weighted by Crippen LogP contribution is -2.02. The monoisotopic (exact) mass is 360 g/mol. The first-order valence-corrected chi connectivity index (χ1v) is 9.04. The second-order valence-electron chi connectivity index (χ2n) is 6.01. The molecule has 128 valence electrons. The maximum absolute atomic E-state index is 11.3. The van der Waals surface area contributed by atoms with Gasteiger partial charge in [-0.1, -0.05) is 42.5 Å². The molecule has 0 fully saturated rings. The van der Waals surface area contributed by atoms with Crippen LogP contribution in [0.4, 0.5) is 10.8 Å². The molecule has 1 heterocycles. The third kappa shape index (κ3) is 3.05. The van der Waals surface area contributed by atoms with Crippen LogP contribution in [-0.4, -0.2) is 16.1 Å². The zero-order chi connectivity index (χ0) is 18.1. The average molecular weight is 360 g/mol. The molecule has 3 aromatic carbocycles. The Labute approximate surface area is 154 Å². The number of carboxylic acid groups (broad SMARTS) is 1. The van der Waals surface area contributed by atoms with Gasteiger partial charge in [0.15, 0.2) is 5.13 Å². The van der Waals surface area contributed by atoms with Gasteiger partial charge < -0.3 is 10.4 Å². The Morgan fingerprint density at radius 3 is 2.65 bits per heavy atom. The number of carboxylic acids is 1. The molecule has 0 saturated heterocycles. The Balaban J connectivity index is 1.64. The summed E-state index contributed by atoms with van der Waals surface area (Å²) in [6.45, 7) is 1.80. The highest BCUT2D eigenvalue weighted by Gasteiger charge is 2.12. The van der Waals surface area contributed by atoms with Crippen molar-refractivity contribution in [2.75, 3.05) is 5.32 Å². The number of nitrogens with zero attached hydrogens (tertiary/aromatic N) is 1. The van der Waals surface area contributed by atoms with Gasteiger partial charge in [-0.15, -0.1) is 11.3 Å². The number of aromatic nitrogens is 1. The van der Waals surface area contributed by atoms with E-state index in [0.29, 0.717) is 11.1 Å². The van der Waals surface area contributed by atoms with E-state index in [1.165, 1.54) is 22.1 Å². The molecule has 4 nitrogen and oxygen atoms in total. The first-order chi connectivity index (χ1) is 12.6. The van der Waals surface area contributed by atoms with Crippen LogP contribution in [0.2, 0.25) is 0 Å². The Bertz CT molecular complexity index is 1120. The smallest absolute Gasteiger partial charge is 0.336 e. The largest absolute Gasteiger partial charge is 0.478 e. The molecule has 5 heteroatoms. The van der Waals surface area contributed by atoms with E-state index in [4.69, 9.17) is 0 Å². The van der Waals surface area contributed by atoms with Gasteiger partial charge in [0.05, 0.1) is 11.3 Å². The zero-order valence-electron chi connectivity index (χ0n) is 14.1. The van der Waals surface area contributed by atoms with Gasteiger partial charge in [-0.3, -0.25) is 0 Å². The maximum atomic E-state index is 11.3. The summed E-state index contributed by atoms with van der Waals surface area (Å²) in [4.78, 5) is 15.9. The summed E-state index contributed by atoms with van der Waals surface area (Å²) in [6, 6.07) is 19.7. The molecule has 0 saturated carbocycles. The summed E-state index contributed by atoms with van der Waals surface area (Å²) in [6.07, 6.45) is 0. The van der Waals surface area contributed by atoms with E-state index in [1.807, 2.05) is 23.6 Å². The molecule has 0 aliphatic heterocycles. The molecule has 2 N–H and O–H groups in total. The van der Waals surface area contributed by atoms with E-state index in [1.54, 1.807) is 19.1 Å². The highest BCUT2D eigenvalue weighted by atomic mass is 32.1. The molecule has 0 unspecified atom stereocenters. The van der Waals surface area contributed by atoms with Crippen LogP contribution in [0, 0.1) is 6.92 Å². The lowest BCUT2D eigenvalue weighted by Gasteiger charge is -2.09. The van der Waals surface area contributed by atoms with Crippen LogP contribution in [0.5, 0.6) is 0 Å². The van der Waals surface area contributed by atoms with Crippen LogP contribution in [0.1, 0.15) is 15.9 Å². The summed E-state index contributed by atoms with van der Waals surface area (Å²) in [5.41, 5.74) is 3.70. The van der Waals surface area contributed by atoms with Gasteiger partial charge >= 0.3 is 5.97 Å². The number of aromatic carboxylic acids is 1. The SMILES string of the molecule is Cc1c(Nc2nc(-c3ccc4ccccc4c3)cs2)cccc1C(=O)O. The van der Waals surface area contributed by atoms with Gasteiger partial charge in [-0.05, 0) is 41.5 Å². The van der Waals surface area contributed by atoms with Gasteiger partial charge in [0.1, 0.15) is 0 Å². The Kier molecular flexibility index (Phi) is 4.14. The van der Waals surface area contributed by atoms with Crippen LogP contribution >= 0.6 is 11.3 Å². The number of hydrogen-bond acceptors (Lipinski definition) is 4. The lowest BCUT2D eigenvalue weighted by molar-refractivity contribution is 0.0696. The summed E-state index contributed by atoms with van der Waals surface area (Å²) >= 11 is 1.50. The molecule has 4 rings (SSSR count). The van der Waals surface area contributed by atoms with Crippen molar-refractivity contribution in [3.05, 3.63) is 77.2 Å². The molecule has 0 spiro atoms. The molecule has 0 aliphatic rings. The number of hydrogen-bond donors (Lipinski definition) is 2. The first-order valence-electron chi connectivity index (χ1n) is 8.16. The molecule has 0 aliphatic carbocycles. The average Bonchev–Trinajstić information content (AvgIpc) is 3.11. The fourth-order valence-corrected chi connectivity index (χ4v) is 3.66. The van der Waals surface area contributed by atoms with Crippen LogP contribution < -0.4 is 5.32 Å². The molecule has 0 amide bonds. The lowest BCUT2D eigenvalue weighted by atomic mass is 10.1. The predicted octanol–water partition coefficient (Wildman–Crippen LogP) is 5.71. The van der Waals surface area contributed by atoms with Gasteiger partial charge in [0, 0.05) is 16.6 Å². The predicted molar refractivity (Wildman–Crippen MR) is 106 cm³/mol. The fraction of sp³-hybridized carbons (Fsp3) is 0.0476. The van der Waals surface area contributed by atoms with Gasteiger partial charge in [-0.2, -0.15) is 0 Å². The Morgan fingerprint density at radius 2 is 1.85 bits per heavy atom. The number of carbonyl (C=O) groups is 1. The Morgan fingerprint density at radius 1 is 1.04 bits per heavy atom. The van der Waals surface area contributed by atoms with Crippen molar-refractivity contribution in [2.45, 2.75) is 6.92 Å². The number of rotatable bonds is 4. The van der Waals surface area contributed by atoms with Crippen molar-refractivity contribution >= 4 is 38.9 Å². The van der Waals surface area contributed by atoms with Gasteiger partial charge in [0.25, 0.3) is 0 Å². The van der Waals surface area contributed by atoms with E-state index in [9.17, 15) is 9.90 Å². The zero-order valence-corrected chi connectivity index (χ0v) is 14.9. The summed E-state index contributed by atoms with van der Waals surface area (Å²) < 4.78 is 0. The molecule has 0 radical (unpaired) electrons. The van der Waals surface area contributed by atoms with E-state index in [0.717, 1.165) is 22.1 Å². The summed E-state index contributed by atoms with van der Waals surface area (Å²) in [7, 11) is 0. The minimum atomic E-state index is -0.929.